The van der Waals surface area contributed by atoms with Crippen LogP contribution in [0.2, 0.25) is 0 Å². The van der Waals surface area contributed by atoms with Crippen LogP contribution in [0.25, 0.3) is 22.3 Å². The van der Waals surface area contributed by atoms with E-state index in [2.05, 4.69) is 17.1 Å². The van der Waals surface area contributed by atoms with E-state index >= 15 is 0 Å². The summed E-state index contributed by atoms with van der Waals surface area (Å²) in [5.41, 5.74) is 1.81. The highest BCUT2D eigenvalue weighted by Crippen LogP contribution is 2.30. The van der Waals surface area contributed by atoms with Crippen molar-refractivity contribution in [3.05, 3.63) is 42.5 Å². The molecule has 8 heteroatoms. The molecule has 1 unspecified atom stereocenters. The Labute approximate surface area is 212 Å². The van der Waals surface area contributed by atoms with Crippen LogP contribution in [0.5, 0.6) is 11.5 Å². The molecule has 5 rings (SSSR count). The van der Waals surface area contributed by atoms with Gasteiger partial charge >= 0.3 is 0 Å². The number of hydrogen-bond donors (Lipinski definition) is 1. The summed E-state index contributed by atoms with van der Waals surface area (Å²) in [5.74, 6) is 3.15. The largest absolute Gasteiger partial charge is 0.494 e. The van der Waals surface area contributed by atoms with E-state index in [1.54, 1.807) is 0 Å². The Hall–Kier alpha value is -2.94. The zero-order chi connectivity index (χ0) is 24.7. The molecule has 8 nitrogen and oxygen atoms in total. The highest BCUT2D eigenvalue weighted by atomic mass is 16.5. The minimum absolute atomic E-state index is 0.317. The molecule has 0 amide bonds. The van der Waals surface area contributed by atoms with E-state index in [4.69, 9.17) is 28.9 Å². The Balaban J connectivity index is 1.38. The van der Waals surface area contributed by atoms with Gasteiger partial charge in [0.05, 0.1) is 25.3 Å². The van der Waals surface area contributed by atoms with E-state index in [1.165, 1.54) is 0 Å². The summed E-state index contributed by atoms with van der Waals surface area (Å²) in [6, 6.07) is 14.8. The molecular formula is C28H36N4O4. The van der Waals surface area contributed by atoms with E-state index < -0.39 is 0 Å². The van der Waals surface area contributed by atoms with Crippen LogP contribution in [0.3, 0.4) is 0 Å². The number of rotatable bonds is 9. The Bertz CT molecular complexity index is 1150. The van der Waals surface area contributed by atoms with Gasteiger partial charge in [-0.3, -0.25) is 4.90 Å². The second-order valence-electron chi connectivity index (χ2n) is 9.37. The number of ether oxygens (including phenoxy) is 4. The summed E-state index contributed by atoms with van der Waals surface area (Å²) >= 11 is 0. The molecule has 1 aromatic heterocycles. The van der Waals surface area contributed by atoms with E-state index in [9.17, 15) is 0 Å². The maximum absolute atomic E-state index is 6.12. The smallest absolute Gasteiger partial charge is 0.162 e. The van der Waals surface area contributed by atoms with Gasteiger partial charge in [-0.25, -0.2) is 9.97 Å². The lowest BCUT2D eigenvalue weighted by molar-refractivity contribution is -0.00514. The monoisotopic (exact) mass is 492 g/mol. The summed E-state index contributed by atoms with van der Waals surface area (Å²) in [4.78, 5) is 12.3. The summed E-state index contributed by atoms with van der Waals surface area (Å²) in [7, 11) is 0. The number of anilines is 1. The van der Waals surface area contributed by atoms with Crippen LogP contribution in [0, 0.1) is 0 Å². The van der Waals surface area contributed by atoms with Gasteiger partial charge in [0.15, 0.2) is 5.82 Å². The maximum atomic E-state index is 6.12. The van der Waals surface area contributed by atoms with Crippen molar-refractivity contribution in [1.82, 2.24) is 14.9 Å². The molecule has 0 aliphatic carbocycles. The highest BCUT2D eigenvalue weighted by Gasteiger charge is 2.19. The number of hydrogen-bond acceptors (Lipinski definition) is 8. The third-order valence-electron chi connectivity index (χ3n) is 6.79. The average Bonchev–Trinajstić information content (AvgIpc) is 2.91. The van der Waals surface area contributed by atoms with Gasteiger partial charge in [0, 0.05) is 49.3 Å². The maximum Gasteiger partial charge on any atom is 0.162 e. The molecule has 2 aliphatic rings. The molecule has 0 radical (unpaired) electrons. The van der Waals surface area contributed by atoms with Crippen LogP contribution >= 0.6 is 0 Å². The number of morpholine rings is 1. The first-order valence-electron chi connectivity index (χ1n) is 13.0. The minimum Gasteiger partial charge on any atom is -0.494 e. The Morgan fingerprint density at radius 2 is 1.86 bits per heavy atom. The van der Waals surface area contributed by atoms with E-state index in [1.807, 2.05) is 49.4 Å². The number of aromatic nitrogens is 2. The molecule has 2 aromatic carbocycles. The van der Waals surface area contributed by atoms with Gasteiger partial charge in [0.25, 0.3) is 0 Å². The van der Waals surface area contributed by atoms with Crippen LogP contribution < -0.4 is 14.8 Å². The van der Waals surface area contributed by atoms with E-state index in [0.29, 0.717) is 31.1 Å². The van der Waals surface area contributed by atoms with Crippen molar-refractivity contribution in [1.29, 1.82) is 0 Å². The molecule has 2 aliphatic heterocycles. The van der Waals surface area contributed by atoms with Crippen molar-refractivity contribution in [3.8, 4) is 22.9 Å². The van der Waals surface area contributed by atoms with Crippen LogP contribution in [0.15, 0.2) is 42.5 Å². The lowest BCUT2D eigenvalue weighted by Crippen LogP contribution is -2.45. The van der Waals surface area contributed by atoms with Crippen LogP contribution in [0.4, 0.5) is 5.82 Å². The molecule has 1 atom stereocenters. The molecule has 0 saturated carbocycles. The number of fused-ring (bicyclic) bond motifs is 1. The SMILES string of the molecule is CCOc1ccc2nc(-c3cccc(OCCN4CCOCC4C)c3)nc(NC3CCOCC3)c2c1. The van der Waals surface area contributed by atoms with Gasteiger partial charge in [0.1, 0.15) is 23.9 Å². The first-order valence-corrected chi connectivity index (χ1v) is 13.0. The average molecular weight is 493 g/mol. The molecule has 192 valence electrons. The van der Waals surface area contributed by atoms with Crippen molar-refractivity contribution in [2.45, 2.75) is 38.8 Å². The second kappa shape index (κ2) is 11.9. The predicted molar refractivity (Wildman–Crippen MR) is 141 cm³/mol. The van der Waals surface area contributed by atoms with Gasteiger partial charge in [-0.2, -0.15) is 0 Å². The fourth-order valence-corrected chi connectivity index (χ4v) is 4.74. The van der Waals surface area contributed by atoms with Crippen molar-refractivity contribution in [3.63, 3.8) is 0 Å². The van der Waals surface area contributed by atoms with Gasteiger partial charge in [-0.1, -0.05) is 12.1 Å². The van der Waals surface area contributed by atoms with Crippen molar-refractivity contribution < 1.29 is 18.9 Å². The van der Waals surface area contributed by atoms with Gasteiger partial charge < -0.3 is 24.3 Å². The lowest BCUT2D eigenvalue weighted by atomic mass is 10.1. The van der Waals surface area contributed by atoms with E-state index in [0.717, 1.165) is 86.1 Å². The third kappa shape index (κ3) is 6.06. The van der Waals surface area contributed by atoms with Crippen LogP contribution in [-0.4, -0.2) is 79.7 Å². The number of nitrogens with one attached hydrogen (secondary N) is 1. The van der Waals surface area contributed by atoms with Gasteiger partial charge in [0.2, 0.25) is 0 Å². The molecule has 0 bridgehead atoms. The molecule has 3 heterocycles. The molecule has 2 fully saturated rings. The molecule has 1 N–H and O–H groups in total. The summed E-state index contributed by atoms with van der Waals surface area (Å²) in [6.07, 6.45) is 1.91. The third-order valence-corrected chi connectivity index (χ3v) is 6.79. The standard InChI is InChI=1S/C28H36N4O4/c1-3-35-24-7-8-26-25(18-24)28(29-22-9-13-33-14-10-22)31-27(30-26)21-5-4-6-23(17-21)36-16-12-32-11-15-34-19-20(32)2/h4-8,17-18,20,22H,3,9-16,19H2,1-2H3,(H,29,30,31). The highest BCUT2D eigenvalue weighted by molar-refractivity contribution is 5.91. The fraction of sp³-hybridized carbons (Fsp3) is 0.500. The second-order valence-corrected chi connectivity index (χ2v) is 9.37. The summed E-state index contributed by atoms with van der Waals surface area (Å²) in [6.45, 7) is 10.3. The Kier molecular flexibility index (Phi) is 8.15. The normalized spacial score (nSPS) is 19.3. The van der Waals surface area contributed by atoms with Gasteiger partial charge in [-0.05, 0) is 57.0 Å². The number of nitrogens with zero attached hydrogens (tertiary/aromatic N) is 3. The minimum atomic E-state index is 0.317. The zero-order valence-electron chi connectivity index (χ0n) is 21.2. The Morgan fingerprint density at radius 1 is 1.00 bits per heavy atom. The van der Waals surface area contributed by atoms with Gasteiger partial charge in [-0.15, -0.1) is 0 Å². The molecule has 36 heavy (non-hydrogen) atoms. The summed E-state index contributed by atoms with van der Waals surface area (Å²) in [5, 5.41) is 4.62. The quantitative estimate of drug-likeness (QED) is 0.471. The molecule has 3 aromatic rings. The first-order chi connectivity index (χ1) is 17.7. The predicted octanol–water partition coefficient (Wildman–Crippen LogP) is 4.39. The Morgan fingerprint density at radius 3 is 2.69 bits per heavy atom. The van der Waals surface area contributed by atoms with E-state index in [-0.39, 0.29) is 0 Å². The number of benzene rings is 2. The fourth-order valence-electron chi connectivity index (χ4n) is 4.74. The molecule has 0 spiro atoms. The van der Waals surface area contributed by atoms with Crippen LogP contribution in [-0.2, 0) is 9.47 Å². The zero-order valence-corrected chi connectivity index (χ0v) is 21.2. The topological polar surface area (TPSA) is 78.0 Å². The molecular weight excluding hydrogens is 456 g/mol. The van der Waals surface area contributed by atoms with Crippen LogP contribution in [0.1, 0.15) is 26.7 Å². The van der Waals surface area contributed by atoms with Crippen molar-refractivity contribution >= 4 is 16.7 Å². The first kappa shape index (κ1) is 24.7. The summed E-state index contributed by atoms with van der Waals surface area (Å²) < 4.78 is 22.9. The lowest BCUT2D eigenvalue weighted by Gasteiger charge is -2.32. The molecule has 2 saturated heterocycles. The van der Waals surface area contributed by atoms with Crippen molar-refractivity contribution in [2.75, 3.05) is 58.0 Å². The van der Waals surface area contributed by atoms with Crippen molar-refractivity contribution in [2.24, 2.45) is 0 Å².